The summed E-state index contributed by atoms with van der Waals surface area (Å²) in [5.41, 5.74) is 1.89. The maximum Gasteiger partial charge on any atom is 0.322 e. The smallest absolute Gasteiger partial charge is 0.322 e. The van der Waals surface area contributed by atoms with Crippen LogP contribution in [0.2, 0.25) is 0 Å². The van der Waals surface area contributed by atoms with Crippen molar-refractivity contribution in [2.24, 2.45) is 0 Å². The van der Waals surface area contributed by atoms with Crippen LogP contribution in [-0.4, -0.2) is 42.6 Å². The number of carbonyl (C=O) groups excluding carboxylic acids is 2. The van der Waals surface area contributed by atoms with Crippen LogP contribution in [0, 0.1) is 0 Å². The van der Waals surface area contributed by atoms with Gasteiger partial charge in [0, 0.05) is 23.9 Å². The minimum atomic E-state index is -0.281. The number of thiazole rings is 1. The number of benzene rings is 1. The summed E-state index contributed by atoms with van der Waals surface area (Å²) in [5, 5.41) is 6.16. The Hall–Kier alpha value is -3.53. The first-order valence-electron chi connectivity index (χ1n) is 9.17. The second-order valence-electron chi connectivity index (χ2n) is 6.52. The van der Waals surface area contributed by atoms with Crippen molar-refractivity contribution < 1.29 is 23.5 Å². The van der Waals surface area contributed by atoms with E-state index in [4.69, 9.17) is 13.9 Å². The average molecular weight is 428 g/mol. The molecule has 0 saturated heterocycles. The molecule has 0 spiro atoms. The number of furan rings is 1. The van der Waals surface area contributed by atoms with E-state index in [-0.39, 0.29) is 11.9 Å². The fraction of sp³-hybridized carbons (Fsp3) is 0.250. The van der Waals surface area contributed by atoms with Crippen molar-refractivity contribution in [2.75, 3.05) is 31.4 Å². The minimum absolute atomic E-state index is 0.235. The van der Waals surface area contributed by atoms with Gasteiger partial charge in [0.15, 0.2) is 5.13 Å². The van der Waals surface area contributed by atoms with Crippen molar-refractivity contribution in [3.8, 4) is 11.5 Å². The van der Waals surface area contributed by atoms with Crippen LogP contribution in [0.1, 0.15) is 20.9 Å². The van der Waals surface area contributed by atoms with Gasteiger partial charge in [-0.15, -0.1) is 0 Å². The van der Waals surface area contributed by atoms with E-state index in [9.17, 15) is 9.59 Å². The van der Waals surface area contributed by atoms with Crippen molar-refractivity contribution in [3.63, 3.8) is 0 Å². The van der Waals surface area contributed by atoms with Gasteiger partial charge < -0.3 is 24.1 Å². The molecule has 30 heavy (non-hydrogen) atoms. The highest BCUT2D eigenvalue weighted by Gasteiger charge is 2.25. The molecule has 1 aliphatic heterocycles. The number of ether oxygens (including phenoxy) is 2. The molecule has 2 aromatic heterocycles. The largest absolute Gasteiger partial charge is 0.497 e. The van der Waals surface area contributed by atoms with Crippen molar-refractivity contribution in [3.05, 3.63) is 52.9 Å². The maximum atomic E-state index is 12.8. The number of fused-ring (bicyclic) bond motifs is 1. The second kappa shape index (κ2) is 8.46. The number of nitrogens with one attached hydrogen (secondary N) is 2. The molecule has 1 aromatic carbocycles. The van der Waals surface area contributed by atoms with Gasteiger partial charge in [-0.2, -0.15) is 0 Å². The molecule has 156 valence electrons. The molecule has 0 bridgehead atoms. The van der Waals surface area contributed by atoms with E-state index in [0.29, 0.717) is 47.4 Å². The highest BCUT2D eigenvalue weighted by molar-refractivity contribution is 7.15. The summed E-state index contributed by atoms with van der Waals surface area (Å²) in [5.74, 6) is 0.876. The molecule has 4 rings (SSSR count). The fourth-order valence-corrected chi connectivity index (χ4v) is 4.10. The number of hydrogen-bond donors (Lipinski definition) is 2. The number of anilines is 2. The number of urea groups is 1. The van der Waals surface area contributed by atoms with Crippen LogP contribution in [0.3, 0.4) is 0 Å². The first kappa shape index (κ1) is 19.8. The van der Waals surface area contributed by atoms with Crippen molar-refractivity contribution in [2.45, 2.75) is 13.0 Å². The minimum Gasteiger partial charge on any atom is -0.497 e. The molecule has 10 heteroatoms. The summed E-state index contributed by atoms with van der Waals surface area (Å²) in [6.07, 6.45) is 3.43. The van der Waals surface area contributed by atoms with E-state index < -0.39 is 0 Å². The molecular formula is C20H20N4O5S. The molecule has 0 fully saturated rings. The predicted molar refractivity (Wildman–Crippen MR) is 111 cm³/mol. The summed E-state index contributed by atoms with van der Waals surface area (Å²) in [6, 6.07) is 6.55. The van der Waals surface area contributed by atoms with Gasteiger partial charge in [0.25, 0.3) is 5.91 Å². The summed E-state index contributed by atoms with van der Waals surface area (Å²) in [4.78, 5) is 32.1. The topological polar surface area (TPSA) is 106 Å². The molecular weight excluding hydrogens is 408 g/mol. The summed E-state index contributed by atoms with van der Waals surface area (Å²) in [7, 11) is 3.10. The summed E-state index contributed by atoms with van der Waals surface area (Å²) in [6.45, 7) is 0.940. The molecule has 1 aliphatic rings. The third kappa shape index (κ3) is 4.08. The number of nitrogens with zero attached hydrogens (tertiary/aromatic N) is 2. The lowest BCUT2D eigenvalue weighted by atomic mass is 10.2. The van der Waals surface area contributed by atoms with Crippen molar-refractivity contribution in [1.29, 1.82) is 0 Å². The molecule has 3 amide bonds. The first-order chi connectivity index (χ1) is 14.6. The van der Waals surface area contributed by atoms with Gasteiger partial charge in [0.05, 0.1) is 44.0 Å². The quantitative estimate of drug-likeness (QED) is 0.643. The Morgan fingerprint density at radius 1 is 1.20 bits per heavy atom. The van der Waals surface area contributed by atoms with Crippen LogP contribution < -0.4 is 20.1 Å². The molecule has 3 aromatic rings. The lowest BCUT2D eigenvalue weighted by Gasteiger charge is -2.26. The maximum absolute atomic E-state index is 12.8. The Labute approximate surface area is 176 Å². The van der Waals surface area contributed by atoms with Gasteiger partial charge in [0.1, 0.15) is 17.8 Å². The molecule has 2 N–H and O–H groups in total. The molecule has 0 radical (unpaired) electrons. The Kier molecular flexibility index (Phi) is 5.57. The van der Waals surface area contributed by atoms with E-state index >= 15 is 0 Å². The highest BCUT2D eigenvalue weighted by Crippen LogP contribution is 2.31. The van der Waals surface area contributed by atoms with Gasteiger partial charge in [-0.05, 0) is 18.2 Å². The zero-order valence-corrected chi connectivity index (χ0v) is 17.2. The SMILES string of the molecule is COc1ccc(NC(=O)N2CCc3nc(NC(=O)c4ccoc4)sc3C2)c(OC)c1. The normalized spacial score (nSPS) is 12.8. The van der Waals surface area contributed by atoms with Crippen LogP contribution in [-0.2, 0) is 13.0 Å². The lowest BCUT2D eigenvalue weighted by Crippen LogP contribution is -2.38. The standard InChI is InChI=1S/C20H20N4O5S/c1-27-13-3-4-14(16(9-13)28-2)22-20(26)24-7-5-15-17(10-24)30-19(21-15)23-18(25)12-6-8-29-11-12/h3-4,6,8-9,11H,5,7,10H2,1-2H3,(H,22,26)(H,21,23,25). The van der Waals surface area contributed by atoms with E-state index in [1.807, 2.05) is 0 Å². The number of carbonyl (C=O) groups is 2. The summed E-state index contributed by atoms with van der Waals surface area (Å²) < 4.78 is 15.4. The van der Waals surface area contributed by atoms with E-state index in [1.165, 1.54) is 31.0 Å². The Bertz CT molecular complexity index is 1060. The molecule has 0 saturated carbocycles. The number of aromatic nitrogens is 1. The van der Waals surface area contributed by atoms with Crippen LogP contribution in [0.25, 0.3) is 0 Å². The van der Waals surface area contributed by atoms with Crippen LogP contribution >= 0.6 is 11.3 Å². The molecule has 3 heterocycles. The van der Waals surface area contributed by atoms with Crippen molar-refractivity contribution in [1.82, 2.24) is 9.88 Å². The number of hydrogen-bond acceptors (Lipinski definition) is 7. The van der Waals surface area contributed by atoms with E-state index in [0.717, 1.165) is 10.6 Å². The van der Waals surface area contributed by atoms with E-state index in [1.54, 1.807) is 36.3 Å². The lowest BCUT2D eigenvalue weighted by molar-refractivity contribution is 0.102. The molecule has 9 nitrogen and oxygen atoms in total. The van der Waals surface area contributed by atoms with Crippen molar-refractivity contribution >= 4 is 34.1 Å². The highest BCUT2D eigenvalue weighted by atomic mass is 32.1. The number of rotatable bonds is 5. The fourth-order valence-electron chi connectivity index (χ4n) is 3.08. The zero-order chi connectivity index (χ0) is 21.1. The molecule has 0 unspecified atom stereocenters. The average Bonchev–Trinajstić information content (AvgIpc) is 3.43. The number of methoxy groups -OCH3 is 2. The van der Waals surface area contributed by atoms with Gasteiger partial charge >= 0.3 is 6.03 Å². The van der Waals surface area contributed by atoms with Gasteiger partial charge in [0.2, 0.25) is 0 Å². The van der Waals surface area contributed by atoms with Crippen LogP contribution in [0.5, 0.6) is 11.5 Å². The summed E-state index contributed by atoms with van der Waals surface area (Å²) >= 11 is 1.36. The third-order valence-corrected chi connectivity index (χ3v) is 5.67. The van der Waals surface area contributed by atoms with E-state index in [2.05, 4.69) is 15.6 Å². The number of amides is 3. The first-order valence-corrected chi connectivity index (χ1v) is 9.99. The molecule has 0 aliphatic carbocycles. The Balaban J connectivity index is 1.42. The second-order valence-corrected chi connectivity index (χ2v) is 7.61. The van der Waals surface area contributed by atoms with Gasteiger partial charge in [-0.25, -0.2) is 9.78 Å². The Morgan fingerprint density at radius 3 is 2.80 bits per heavy atom. The Morgan fingerprint density at radius 2 is 2.07 bits per heavy atom. The van der Waals surface area contributed by atoms with Crippen LogP contribution in [0.4, 0.5) is 15.6 Å². The monoisotopic (exact) mass is 428 g/mol. The zero-order valence-electron chi connectivity index (χ0n) is 16.4. The third-order valence-electron chi connectivity index (χ3n) is 4.67. The predicted octanol–water partition coefficient (Wildman–Crippen LogP) is 3.60. The van der Waals surface area contributed by atoms with Gasteiger partial charge in [-0.1, -0.05) is 11.3 Å². The van der Waals surface area contributed by atoms with Gasteiger partial charge in [-0.3, -0.25) is 10.1 Å². The molecule has 0 atom stereocenters. The van der Waals surface area contributed by atoms with Crippen LogP contribution in [0.15, 0.2) is 41.2 Å².